The summed E-state index contributed by atoms with van der Waals surface area (Å²) in [6.45, 7) is 2.56. The summed E-state index contributed by atoms with van der Waals surface area (Å²) in [6, 6.07) is 3.86. The minimum Gasteiger partial charge on any atom is -0.392 e. The summed E-state index contributed by atoms with van der Waals surface area (Å²) in [6.07, 6.45) is 0.987. The molecule has 0 aliphatic carbocycles. The topological polar surface area (TPSA) is 61.4 Å². The summed E-state index contributed by atoms with van der Waals surface area (Å²) < 4.78 is 0. The van der Waals surface area contributed by atoms with Gasteiger partial charge in [-0.2, -0.15) is 0 Å². The van der Waals surface area contributed by atoms with Gasteiger partial charge in [0.2, 0.25) is 5.91 Å². The van der Waals surface area contributed by atoms with E-state index in [1.165, 1.54) is 4.88 Å². The molecule has 1 aliphatic rings. The molecular weight excluding hydrogens is 236 g/mol. The van der Waals surface area contributed by atoms with Crippen LogP contribution in [0.1, 0.15) is 30.7 Å². The number of rotatable bonds is 4. The van der Waals surface area contributed by atoms with E-state index in [4.69, 9.17) is 0 Å². The molecule has 0 spiro atoms. The molecule has 1 fully saturated rings. The number of thiophene rings is 1. The van der Waals surface area contributed by atoms with Crippen LogP contribution in [-0.4, -0.2) is 29.7 Å². The van der Waals surface area contributed by atoms with E-state index in [9.17, 15) is 9.90 Å². The first-order valence-electron chi connectivity index (χ1n) is 5.96. The Morgan fingerprint density at radius 3 is 3.12 bits per heavy atom. The average molecular weight is 254 g/mol. The number of β-amino-alcohol motifs (C(OH)–C–C–N with tert-alkyl or cyclic N) is 1. The van der Waals surface area contributed by atoms with Crippen LogP contribution in [0.4, 0.5) is 0 Å². The van der Waals surface area contributed by atoms with E-state index in [0.29, 0.717) is 13.0 Å². The van der Waals surface area contributed by atoms with Crippen LogP contribution in [0.3, 0.4) is 0 Å². The maximum absolute atomic E-state index is 12.0. The molecule has 0 saturated carbocycles. The third-order valence-corrected chi connectivity index (χ3v) is 4.02. The van der Waals surface area contributed by atoms with Gasteiger partial charge in [0.05, 0.1) is 18.2 Å². The van der Waals surface area contributed by atoms with Crippen molar-refractivity contribution in [3.05, 3.63) is 22.4 Å². The van der Waals surface area contributed by atoms with Crippen LogP contribution in [-0.2, 0) is 4.79 Å². The molecule has 1 aromatic rings. The van der Waals surface area contributed by atoms with Crippen molar-refractivity contribution in [2.24, 2.45) is 0 Å². The van der Waals surface area contributed by atoms with Crippen LogP contribution in [0.2, 0.25) is 0 Å². The SMILES string of the molecule is CCC(NC(=O)C1CC(O)CN1)c1cccs1. The molecule has 1 amide bonds. The van der Waals surface area contributed by atoms with Gasteiger partial charge in [-0.15, -0.1) is 11.3 Å². The van der Waals surface area contributed by atoms with Gasteiger partial charge in [-0.3, -0.25) is 4.79 Å². The Kier molecular flexibility index (Phi) is 4.15. The Hall–Kier alpha value is -0.910. The lowest BCUT2D eigenvalue weighted by Gasteiger charge is -2.18. The number of amides is 1. The van der Waals surface area contributed by atoms with Crippen molar-refractivity contribution in [2.45, 2.75) is 38.0 Å². The van der Waals surface area contributed by atoms with Crippen molar-refractivity contribution in [1.29, 1.82) is 0 Å². The second-order valence-electron chi connectivity index (χ2n) is 4.34. The molecule has 17 heavy (non-hydrogen) atoms. The molecule has 0 radical (unpaired) electrons. The van der Waals surface area contributed by atoms with Gasteiger partial charge >= 0.3 is 0 Å². The van der Waals surface area contributed by atoms with Gasteiger partial charge in [0.1, 0.15) is 0 Å². The number of nitrogens with one attached hydrogen (secondary N) is 2. The third-order valence-electron chi connectivity index (χ3n) is 3.04. The van der Waals surface area contributed by atoms with Gasteiger partial charge < -0.3 is 15.7 Å². The molecule has 3 unspecified atom stereocenters. The minimum absolute atomic E-state index is 0.0122. The number of carbonyl (C=O) groups is 1. The monoisotopic (exact) mass is 254 g/mol. The Labute approximate surface area is 105 Å². The predicted octanol–water partition coefficient (Wildman–Crippen LogP) is 1.04. The van der Waals surface area contributed by atoms with E-state index in [1.54, 1.807) is 11.3 Å². The summed E-state index contributed by atoms with van der Waals surface area (Å²) >= 11 is 1.66. The summed E-state index contributed by atoms with van der Waals surface area (Å²) in [7, 11) is 0. The summed E-state index contributed by atoms with van der Waals surface area (Å²) in [5, 5.41) is 17.5. The molecular formula is C12H18N2O2S. The zero-order chi connectivity index (χ0) is 12.3. The maximum atomic E-state index is 12.0. The van der Waals surface area contributed by atoms with Gasteiger partial charge in [0.15, 0.2) is 0 Å². The van der Waals surface area contributed by atoms with Crippen molar-refractivity contribution in [3.8, 4) is 0 Å². The number of carbonyl (C=O) groups excluding carboxylic acids is 1. The standard InChI is InChI=1S/C12H18N2O2S/c1-2-9(11-4-3-5-17-11)14-12(16)10-6-8(15)7-13-10/h3-5,8-10,13,15H,2,6-7H2,1H3,(H,14,16). The van der Waals surface area contributed by atoms with Crippen molar-refractivity contribution in [3.63, 3.8) is 0 Å². The number of hydrogen-bond donors (Lipinski definition) is 3. The fourth-order valence-corrected chi connectivity index (χ4v) is 2.91. The fraction of sp³-hybridized carbons (Fsp3) is 0.583. The largest absolute Gasteiger partial charge is 0.392 e. The number of aliphatic hydroxyl groups excluding tert-OH is 1. The Bertz CT molecular complexity index is 367. The Balaban J connectivity index is 1.93. The molecule has 94 valence electrons. The minimum atomic E-state index is -0.396. The first kappa shape index (κ1) is 12.5. The first-order valence-corrected chi connectivity index (χ1v) is 6.84. The van der Waals surface area contributed by atoms with Crippen LogP contribution in [0, 0.1) is 0 Å². The molecule has 1 aromatic heterocycles. The highest BCUT2D eigenvalue weighted by atomic mass is 32.1. The van der Waals surface area contributed by atoms with E-state index in [-0.39, 0.29) is 18.0 Å². The van der Waals surface area contributed by atoms with E-state index in [1.807, 2.05) is 17.5 Å². The Morgan fingerprint density at radius 2 is 2.59 bits per heavy atom. The fourth-order valence-electron chi connectivity index (χ4n) is 2.05. The van der Waals surface area contributed by atoms with Crippen LogP contribution in [0.25, 0.3) is 0 Å². The Morgan fingerprint density at radius 1 is 1.76 bits per heavy atom. The molecule has 3 atom stereocenters. The number of aliphatic hydroxyl groups is 1. The van der Waals surface area contributed by atoms with Crippen molar-refractivity contribution in [1.82, 2.24) is 10.6 Å². The molecule has 5 heteroatoms. The molecule has 3 N–H and O–H groups in total. The average Bonchev–Trinajstić information content (AvgIpc) is 2.96. The molecule has 4 nitrogen and oxygen atoms in total. The molecule has 2 heterocycles. The zero-order valence-corrected chi connectivity index (χ0v) is 10.7. The zero-order valence-electron chi connectivity index (χ0n) is 9.85. The lowest BCUT2D eigenvalue weighted by Crippen LogP contribution is -2.41. The lowest BCUT2D eigenvalue weighted by atomic mass is 10.1. The second kappa shape index (κ2) is 5.62. The first-order chi connectivity index (χ1) is 8.20. The van der Waals surface area contributed by atoms with Crippen LogP contribution < -0.4 is 10.6 Å². The highest BCUT2D eigenvalue weighted by Gasteiger charge is 2.29. The molecule has 0 aromatic carbocycles. The summed E-state index contributed by atoms with van der Waals surface area (Å²) in [5.41, 5.74) is 0. The second-order valence-corrected chi connectivity index (χ2v) is 5.31. The third kappa shape index (κ3) is 3.06. The van der Waals surface area contributed by atoms with E-state index in [0.717, 1.165) is 6.42 Å². The van der Waals surface area contributed by atoms with Gasteiger partial charge in [-0.05, 0) is 24.3 Å². The van der Waals surface area contributed by atoms with Crippen LogP contribution in [0.15, 0.2) is 17.5 Å². The van der Waals surface area contributed by atoms with Gasteiger partial charge in [0, 0.05) is 11.4 Å². The molecule has 2 rings (SSSR count). The van der Waals surface area contributed by atoms with Gasteiger partial charge in [-0.1, -0.05) is 13.0 Å². The predicted molar refractivity (Wildman–Crippen MR) is 67.9 cm³/mol. The smallest absolute Gasteiger partial charge is 0.237 e. The summed E-state index contributed by atoms with van der Waals surface area (Å²) in [4.78, 5) is 13.2. The van der Waals surface area contributed by atoms with Crippen LogP contribution >= 0.6 is 11.3 Å². The van der Waals surface area contributed by atoms with Crippen molar-refractivity contribution in [2.75, 3.05) is 6.54 Å². The lowest BCUT2D eigenvalue weighted by molar-refractivity contribution is -0.123. The highest BCUT2D eigenvalue weighted by molar-refractivity contribution is 7.10. The molecule has 0 bridgehead atoms. The van der Waals surface area contributed by atoms with Gasteiger partial charge in [-0.25, -0.2) is 0 Å². The van der Waals surface area contributed by atoms with Crippen LogP contribution in [0.5, 0.6) is 0 Å². The highest BCUT2D eigenvalue weighted by Crippen LogP contribution is 2.22. The van der Waals surface area contributed by atoms with E-state index < -0.39 is 6.10 Å². The van der Waals surface area contributed by atoms with Crippen molar-refractivity contribution >= 4 is 17.2 Å². The molecule has 1 aliphatic heterocycles. The van der Waals surface area contributed by atoms with E-state index >= 15 is 0 Å². The summed E-state index contributed by atoms with van der Waals surface area (Å²) in [5.74, 6) is -0.0122. The number of hydrogen-bond acceptors (Lipinski definition) is 4. The maximum Gasteiger partial charge on any atom is 0.237 e. The molecule has 1 saturated heterocycles. The van der Waals surface area contributed by atoms with Crippen molar-refractivity contribution < 1.29 is 9.90 Å². The normalized spacial score (nSPS) is 25.8. The quantitative estimate of drug-likeness (QED) is 0.752. The van der Waals surface area contributed by atoms with Gasteiger partial charge in [0.25, 0.3) is 0 Å². The van der Waals surface area contributed by atoms with E-state index in [2.05, 4.69) is 17.6 Å².